The number of phenols is 1. The predicted molar refractivity (Wildman–Crippen MR) is 72.9 cm³/mol. The summed E-state index contributed by atoms with van der Waals surface area (Å²) in [6.07, 6.45) is 2.51. The van der Waals surface area contributed by atoms with Crippen LogP contribution in [0.1, 0.15) is 35.3 Å². The highest BCUT2D eigenvalue weighted by molar-refractivity contribution is 5.95. The van der Waals surface area contributed by atoms with Crippen molar-refractivity contribution >= 4 is 5.97 Å². The highest BCUT2D eigenvalue weighted by atomic mass is 16.7. The quantitative estimate of drug-likeness (QED) is 0.509. The summed E-state index contributed by atoms with van der Waals surface area (Å²) < 4.78 is 15.3. The molecule has 0 spiro atoms. The van der Waals surface area contributed by atoms with Crippen LogP contribution in [0.4, 0.5) is 0 Å². The van der Waals surface area contributed by atoms with Crippen LogP contribution in [0.25, 0.3) is 0 Å². The van der Waals surface area contributed by atoms with E-state index < -0.39 is 5.97 Å². The Morgan fingerprint density at radius 1 is 1.50 bits per heavy atom. The van der Waals surface area contributed by atoms with Crippen molar-refractivity contribution in [2.24, 2.45) is 0 Å². The van der Waals surface area contributed by atoms with E-state index in [-0.39, 0.29) is 19.1 Å². The number of carbonyl (C=O) groups is 1. The SMILES string of the molecule is COCOc1cc2c(c(O)c1CC=C(C)C)COC2=O. The first-order valence-corrected chi connectivity index (χ1v) is 6.34. The maximum Gasteiger partial charge on any atom is 0.339 e. The highest BCUT2D eigenvalue weighted by Crippen LogP contribution is 2.38. The molecule has 0 unspecified atom stereocenters. The Bertz CT molecular complexity index is 556. The van der Waals surface area contributed by atoms with Crippen molar-refractivity contribution in [1.29, 1.82) is 0 Å². The van der Waals surface area contributed by atoms with Crippen LogP contribution in [-0.4, -0.2) is 25.0 Å². The molecule has 20 heavy (non-hydrogen) atoms. The minimum atomic E-state index is -0.439. The number of rotatable bonds is 5. The van der Waals surface area contributed by atoms with Gasteiger partial charge in [-0.1, -0.05) is 11.6 Å². The van der Waals surface area contributed by atoms with Crippen molar-refractivity contribution in [3.63, 3.8) is 0 Å². The molecule has 0 aromatic heterocycles. The maximum absolute atomic E-state index is 11.6. The zero-order valence-electron chi connectivity index (χ0n) is 11.9. The Balaban J connectivity index is 2.46. The third-order valence-corrected chi connectivity index (χ3v) is 3.08. The summed E-state index contributed by atoms with van der Waals surface area (Å²) in [4.78, 5) is 11.6. The summed E-state index contributed by atoms with van der Waals surface area (Å²) >= 11 is 0. The van der Waals surface area contributed by atoms with Crippen LogP contribution in [0.2, 0.25) is 0 Å². The minimum absolute atomic E-state index is 0.0507. The number of benzene rings is 1. The molecule has 2 rings (SSSR count). The first-order valence-electron chi connectivity index (χ1n) is 6.34. The summed E-state index contributed by atoms with van der Waals surface area (Å²) in [6.45, 7) is 4.11. The highest BCUT2D eigenvalue weighted by Gasteiger charge is 2.28. The molecule has 1 aliphatic heterocycles. The molecule has 108 valence electrons. The van der Waals surface area contributed by atoms with Gasteiger partial charge in [0.1, 0.15) is 18.1 Å². The van der Waals surface area contributed by atoms with Crippen LogP contribution in [0, 0.1) is 0 Å². The Hall–Kier alpha value is -2.01. The standard InChI is InChI=1S/C15H18O5/c1-9(2)4-5-10-13(20-8-18-3)6-11-12(14(10)16)7-19-15(11)17/h4,6,16H,5,7-8H2,1-3H3. The van der Waals surface area contributed by atoms with Gasteiger partial charge in [0.05, 0.1) is 5.56 Å². The molecule has 5 nitrogen and oxygen atoms in total. The molecular weight excluding hydrogens is 260 g/mol. The van der Waals surface area contributed by atoms with E-state index in [0.29, 0.717) is 28.9 Å². The van der Waals surface area contributed by atoms with Gasteiger partial charge in [-0.25, -0.2) is 4.79 Å². The number of fused-ring (bicyclic) bond motifs is 1. The molecule has 0 saturated heterocycles. The average molecular weight is 278 g/mol. The second-order valence-corrected chi connectivity index (χ2v) is 4.84. The van der Waals surface area contributed by atoms with Crippen molar-refractivity contribution < 1.29 is 24.1 Å². The number of hydrogen-bond donors (Lipinski definition) is 1. The van der Waals surface area contributed by atoms with Gasteiger partial charge >= 0.3 is 5.97 Å². The molecule has 1 aromatic carbocycles. The largest absolute Gasteiger partial charge is 0.507 e. The van der Waals surface area contributed by atoms with Crippen molar-refractivity contribution in [2.75, 3.05) is 13.9 Å². The molecule has 0 aliphatic carbocycles. The lowest BCUT2D eigenvalue weighted by molar-refractivity contribution is 0.0496. The molecule has 0 bridgehead atoms. The minimum Gasteiger partial charge on any atom is -0.507 e. The van der Waals surface area contributed by atoms with Gasteiger partial charge in [0.25, 0.3) is 0 Å². The van der Waals surface area contributed by atoms with Gasteiger partial charge in [-0.05, 0) is 26.3 Å². The van der Waals surface area contributed by atoms with E-state index >= 15 is 0 Å². The molecule has 1 N–H and O–H groups in total. The third kappa shape index (κ3) is 2.77. The Kier molecular flexibility index (Phi) is 4.29. The first kappa shape index (κ1) is 14.4. The molecule has 0 fully saturated rings. The molecule has 0 amide bonds. The van der Waals surface area contributed by atoms with Gasteiger partial charge in [-0.2, -0.15) is 0 Å². The fourth-order valence-corrected chi connectivity index (χ4v) is 2.03. The lowest BCUT2D eigenvalue weighted by Gasteiger charge is -2.13. The van der Waals surface area contributed by atoms with Gasteiger partial charge in [0.15, 0.2) is 6.79 Å². The van der Waals surface area contributed by atoms with Gasteiger partial charge in [0.2, 0.25) is 0 Å². The third-order valence-electron chi connectivity index (χ3n) is 3.08. The van der Waals surface area contributed by atoms with E-state index in [0.717, 1.165) is 5.57 Å². The van der Waals surface area contributed by atoms with Crippen LogP contribution < -0.4 is 4.74 Å². The summed E-state index contributed by atoms with van der Waals surface area (Å²) in [5.74, 6) is 0.0720. The summed E-state index contributed by atoms with van der Waals surface area (Å²) in [6, 6.07) is 1.61. The van der Waals surface area contributed by atoms with E-state index in [2.05, 4.69) is 0 Å². The van der Waals surface area contributed by atoms with Crippen molar-refractivity contribution in [1.82, 2.24) is 0 Å². The Morgan fingerprint density at radius 2 is 2.25 bits per heavy atom. The molecular formula is C15H18O5. The van der Waals surface area contributed by atoms with E-state index in [1.807, 2.05) is 19.9 Å². The summed E-state index contributed by atoms with van der Waals surface area (Å²) in [7, 11) is 1.51. The van der Waals surface area contributed by atoms with Gasteiger partial charge in [-0.3, -0.25) is 0 Å². The number of carbonyl (C=O) groups excluding carboxylic acids is 1. The van der Waals surface area contributed by atoms with Crippen molar-refractivity contribution in [3.05, 3.63) is 34.4 Å². The Labute approximate surface area is 117 Å². The number of methoxy groups -OCH3 is 1. The van der Waals surface area contributed by atoms with Crippen LogP contribution in [-0.2, 0) is 22.5 Å². The average Bonchev–Trinajstić information content (AvgIpc) is 2.77. The van der Waals surface area contributed by atoms with E-state index in [1.165, 1.54) is 7.11 Å². The number of esters is 1. The lowest BCUT2D eigenvalue weighted by atomic mass is 10.00. The first-order chi connectivity index (χ1) is 9.54. The molecule has 0 saturated carbocycles. The Morgan fingerprint density at radius 3 is 2.90 bits per heavy atom. The van der Waals surface area contributed by atoms with Gasteiger partial charge in [-0.15, -0.1) is 0 Å². The van der Waals surface area contributed by atoms with Crippen LogP contribution in [0.5, 0.6) is 11.5 Å². The fourth-order valence-electron chi connectivity index (χ4n) is 2.03. The van der Waals surface area contributed by atoms with Crippen molar-refractivity contribution in [2.45, 2.75) is 26.9 Å². The maximum atomic E-state index is 11.6. The van der Waals surface area contributed by atoms with E-state index in [1.54, 1.807) is 6.07 Å². The van der Waals surface area contributed by atoms with Crippen molar-refractivity contribution in [3.8, 4) is 11.5 Å². The van der Waals surface area contributed by atoms with Crippen LogP contribution in [0.3, 0.4) is 0 Å². The van der Waals surface area contributed by atoms with Crippen LogP contribution in [0.15, 0.2) is 17.7 Å². The predicted octanol–water partition coefficient (Wildman–Crippen LogP) is 2.55. The second kappa shape index (κ2) is 5.96. The normalized spacial score (nSPS) is 12.8. The molecule has 1 heterocycles. The number of allylic oxidation sites excluding steroid dienone is 2. The zero-order chi connectivity index (χ0) is 14.7. The number of aromatic hydroxyl groups is 1. The van der Waals surface area contributed by atoms with Crippen LogP contribution >= 0.6 is 0 Å². The molecule has 0 atom stereocenters. The lowest BCUT2D eigenvalue weighted by Crippen LogP contribution is -2.04. The zero-order valence-corrected chi connectivity index (χ0v) is 11.9. The monoisotopic (exact) mass is 278 g/mol. The second-order valence-electron chi connectivity index (χ2n) is 4.84. The summed E-state index contributed by atoms with van der Waals surface area (Å²) in [5.41, 5.74) is 2.65. The molecule has 1 aromatic rings. The number of ether oxygens (including phenoxy) is 3. The molecule has 5 heteroatoms. The number of cyclic esters (lactones) is 1. The summed E-state index contributed by atoms with van der Waals surface area (Å²) in [5, 5.41) is 10.3. The smallest absolute Gasteiger partial charge is 0.339 e. The molecule has 1 aliphatic rings. The van der Waals surface area contributed by atoms with E-state index in [9.17, 15) is 9.90 Å². The fraction of sp³-hybridized carbons (Fsp3) is 0.400. The van der Waals surface area contributed by atoms with E-state index in [4.69, 9.17) is 14.2 Å². The van der Waals surface area contributed by atoms with Gasteiger partial charge < -0.3 is 19.3 Å². The topological polar surface area (TPSA) is 65.0 Å². The number of phenolic OH excluding ortho intramolecular Hbond substituents is 1. The number of hydrogen-bond acceptors (Lipinski definition) is 5. The molecule has 0 radical (unpaired) electrons. The van der Waals surface area contributed by atoms with Gasteiger partial charge in [0, 0.05) is 18.2 Å².